The standard InChI is InChI=1S/C43H44Cl2FN5O5/c44-25-12-15-30-32(21-25)48-41(56)43(30)35(28-8-5-9-31(45)36(28)46)37(50-42(43)18-2-1-3-19-42)39(54)47-26-13-10-23(11-14-26)20-24-6-4-7-27-29(24)22-51(40(27)55)33-16-17-34(52)49-38(33)53/h4-9,12,15,21,23,26,33,35,37,50H,1-3,10-11,13-14,16-20,22H2,(H,47,54)(H,48,56)(H,49,52,53)/t23?,26?,33?,35-,37+,43+/m0/s1. The number of rotatable bonds is 6. The molecule has 0 aromatic heterocycles. The van der Waals surface area contributed by atoms with Crippen LogP contribution in [-0.4, -0.2) is 58.1 Å². The molecule has 4 atom stereocenters. The quantitative estimate of drug-likeness (QED) is 0.212. The smallest absolute Gasteiger partial charge is 0.255 e. The molecule has 292 valence electrons. The van der Waals surface area contributed by atoms with Gasteiger partial charge in [-0.25, -0.2) is 4.39 Å². The predicted octanol–water partition coefficient (Wildman–Crippen LogP) is 6.46. The fourth-order valence-electron chi connectivity index (χ4n) is 11.2. The molecule has 1 unspecified atom stereocenters. The van der Waals surface area contributed by atoms with E-state index in [0.717, 1.165) is 68.1 Å². The van der Waals surface area contributed by atoms with Crippen LogP contribution in [0.5, 0.6) is 0 Å². The van der Waals surface area contributed by atoms with Gasteiger partial charge in [-0.15, -0.1) is 0 Å². The minimum atomic E-state index is -1.29. The molecule has 4 aliphatic heterocycles. The van der Waals surface area contributed by atoms with Crippen molar-refractivity contribution in [2.75, 3.05) is 5.32 Å². The Hall–Kier alpha value is -4.32. The highest BCUT2D eigenvalue weighted by Crippen LogP contribution is 2.63. The molecule has 9 rings (SSSR count). The summed E-state index contributed by atoms with van der Waals surface area (Å²) in [4.78, 5) is 68.7. The van der Waals surface area contributed by atoms with Gasteiger partial charge in [0.05, 0.1) is 11.1 Å². The molecule has 2 spiro atoms. The molecule has 13 heteroatoms. The highest BCUT2D eigenvalue weighted by Gasteiger charge is 2.72. The second-order valence-corrected chi connectivity index (χ2v) is 17.5. The number of benzene rings is 3. The van der Waals surface area contributed by atoms with Crippen molar-refractivity contribution >= 4 is 58.4 Å². The summed E-state index contributed by atoms with van der Waals surface area (Å²) in [6.07, 6.45) is 8.52. The Balaban J connectivity index is 0.947. The number of hydrogen-bond donors (Lipinski definition) is 4. The number of imide groups is 1. The first-order valence-electron chi connectivity index (χ1n) is 19.9. The molecule has 56 heavy (non-hydrogen) atoms. The average Bonchev–Trinajstić information content (AvgIpc) is 3.78. The van der Waals surface area contributed by atoms with Gasteiger partial charge >= 0.3 is 0 Å². The van der Waals surface area contributed by atoms with Crippen LogP contribution >= 0.6 is 23.2 Å². The van der Waals surface area contributed by atoms with Gasteiger partial charge in [0.1, 0.15) is 17.3 Å². The Morgan fingerprint density at radius 3 is 2.45 bits per heavy atom. The number of hydrogen-bond acceptors (Lipinski definition) is 6. The van der Waals surface area contributed by atoms with Crippen LogP contribution < -0.4 is 21.3 Å². The van der Waals surface area contributed by atoms with Crippen molar-refractivity contribution in [3.05, 3.63) is 98.3 Å². The van der Waals surface area contributed by atoms with E-state index in [2.05, 4.69) is 27.3 Å². The molecule has 6 aliphatic rings. The fraction of sp³-hybridized carbons (Fsp3) is 0.465. The summed E-state index contributed by atoms with van der Waals surface area (Å²) in [5, 5.41) is 12.9. The number of carbonyl (C=O) groups is 5. The molecule has 2 saturated carbocycles. The van der Waals surface area contributed by atoms with Crippen LogP contribution in [0.3, 0.4) is 0 Å². The average molecular weight is 801 g/mol. The maximum atomic E-state index is 16.3. The van der Waals surface area contributed by atoms with E-state index in [1.165, 1.54) is 6.07 Å². The van der Waals surface area contributed by atoms with E-state index in [1.807, 2.05) is 18.2 Å². The van der Waals surface area contributed by atoms with Crippen molar-refractivity contribution in [2.45, 2.75) is 119 Å². The third-order valence-electron chi connectivity index (χ3n) is 13.7. The van der Waals surface area contributed by atoms with Crippen LogP contribution in [0.4, 0.5) is 10.1 Å². The number of nitrogens with one attached hydrogen (secondary N) is 4. The van der Waals surface area contributed by atoms with Crippen LogP contribution in [0.1, 0.15) is 109 Å². The zero-order chi connectivity index (χ0) is 38.9. The van der Waals surface area contributed by atoms with Gasteiger partial charge in [-0.3, -0.25) is 34.6 Å². The lowest BCUT2D eigenvalue weighted by atomic mass is 9.55. The zero-order valence-electron chi connectivity index (χ0n) is 30.9. The summed E-state index contributed by atoms with van der Waals surface area (Å²) in [6, 6.07) is 14.2. The van der Waals surface area contributed by atoms with Crippen LogP contribution in [0, 0.1) is 11.7 Å². The first-order valence-corrected chi connectivity index (χ1v) is 20.7. The molecular weight excluding hydrogens is 756 g/mol. The molecule has 5 amide bonds. The van der Waals surface area contributed by atoms with Crippen LogP contribution in [0.25, 0.3) is 0 Å². The Bertz CT molecular complexity index is 2170. The molecule has 3 aromatic carbocycles. The number of halogens is 3. The molecule has 4 fully saturated rings. The molecule has 0 radical (unpaired) electrons. The van der Waals surface area contributed by atoms with Gasteiger partial charge < -0.3 is 15.5 Å². The van der Waals surface area contributed by atoms with Gasteiger partial charge in [-0.2, -0.15) is 0 Å². The Morgan fingerprint density at radius 2 is 1.68 bits per heavy atom. The fourth-order valence-corrected chi connectivity index (χ4v) is 11.5. The number of nitrogens with zero attached hydrogens (tertiary/aromatic N) is 1. The molecule has 2 saturated heterocycles. The topological polar surface area (TPSA) is 137 Å². The third kappa shape index (κ3) is 5.86. The molecule has 2 aliphatic carbocycles. The second-order valence-electron chi connectivity index (χ2n) is 16.6. The monoisotopic (exact) mass is 799 g/mol. The van der Waals surface area contributed by atoms with Gasteiger partial charge in [0.15, 0.2) is 0 Å². The maximum absolute atomic E-state index is 16.3. The van der Waals surface area contributed by atoms with Crippen molar-refractivity contribution in [2.24, 2.45) is 5.92 Å². The van der Waals surface area contributed by atoms with Crippen molar-refractivity contribution < 1.29 is 28.4 Å². The van der Waals surface area contributed by atoms with Gasteiger partial charge in [0.2, 0.25) is 23.6 Å². The van der Waals surface area contributed by atoms with Crippen molar-refractivity contribution in [3.63, 3.8) is 0 Å². The van der Waals surface area contributed by atoms with E-state index in [0.29, 0.717) is 48.0 Å². The lowest BCUT2D eigenvalue weighted by molar-refractivity contribution is -0.137. The Morgan fingerprint density at radius 1 is 0.911 bits per heavy atom. The molecule has 4 N–H and O–H groups in total. The predicted molar refractivity (Wildman–Crippen MR) is 209 cm³/mol. The summed E-state index contributed by atoms with van der Waals surface area (Å²) >= 11 is 12.8. The molecule has 3 aromatic rings. The Kier molecular flexibility index (Phi) is 9.49. The van der Waals surface area contributed by atoms with E-state index in [4.69, 9.17) is 23.2 Å². The number of amides is 5. The second kappa shape index (κ2) is 14.3. The van der Waals surface area contributed by atoms with Crippen molar-refractivity contribution in [3.8, 4) is 0 Å². The summed E-state index contributed by atoms with van der Waals surface area (Å²) in [5.41, 5.74) is 2.07. The van der Waals surface area contributed by atoms with Crippen LogP contribution in [0.2, 0.25) is 10.0 Å². The van der Waals surface area contributed by atoms with E-state index in [-0.39, 0.29) is 46.7 Å². The first-order chi connectivity index (χ1) is 27.0. The van der Waals surface area contributed by atoms with E-state index < -0.39 is 40.7 Å². The Labute approximate surface area is 334 Å². The third-order valence-corrected chi connectivity index (χ3v) is 14.2. The number of fused-ring (bicyclic) bond motifs is 4. The summed E-state index contributed by atoms with van der Waals surface area (Å²) < 4.78 is 16.3. The van der Waals surface area contributed by atoms with Gasteiger partial charge in [0.25, 0.3) is 5.91 Å². The summed E-state index contributed by atoms with van der Waals surface area (Å²) in [5.74, 6) is -2.64. The van der Waals surface area contributed by atoms with Crippen LogP contribution in [-0.2, 0) is 37.6 Å². The highest BCUT2D eigenvalue weighted by molar-refractivity contribution is 6.31. The lowest BCUT2D eigenvalue weighted by Gasteiger charge is -2.47. The van der Waals surface area contributed by atoms with Crippen molar-refractivity contribution in [1.29, 1.82) is 0 Å². The minimum absolute atomic E-state index is 0.0634. The molecule has 4 heterocycles. The van der Waals surface area contributed by atoms with E-state index in [1.54, 1.807) is 29.2 Å². The largest absolute Gasteiger partial charge is 0.352 e. The van der Waals surface area contributed by atoms with Gasteiger partial charge in [-0.05, 0) is 104 Å². The minimum Gasteiger partial charge on any atom is -0.352 e. The number of piperidine rings is 1. The highest BCUT2D eigenvalue weighted by atomic mass is 35.5. The zero-order valence-corrected chi connectivity index (χ0v) is 32.4. The van der Waals surface area contributed by atoms with E-state index in [9.17, 15) is 24.0 Å². The number of carbonyl (C=O) groups excluding carboxylic acids is 5. The van der Waals surface area contributed by atoms with Crippen molar-refractivity contribution in [1.82, 2.24) is 20.9 Å². The SMILES string of the molecule is O=C1CCC(N2Cc3c(CC4CCC(NC(=O)[C@@H]5NC6(CCCCC6)[C@@]6(C(=O)Nc7cc(Cl)ccc76)[C@H]5c5cccc(Cl)c5F)CC4)cccc3C2=O)C(=O)N1. The first kappa shape index (κ1) is 37.3. The van der Waals surface area contributed by atoms with Crippen LogP contribution in [0.15, 0.2) is 54.6 Å². The van der Waals surface area contributed by atoms with Gasteiger partial charge in [0, 0.05) is 46.7 Å². The number of anilines is 1. The maximum Gasteiger partial charge on any atom is 0.255 e. The molecular formula is C43H44Cl2FN5O5. The lowest BCUT2D eigenvalue weighted by Crippen LogP contribution is -2.60. The molecule has 0 bridgehead atoms. The normalized spacial score (nSPS) is 29.3. The van der Waals surface area contributed by atoms with Gasteiger partial charge in [-0.1, -0.05) is 72.8 Å². The summed E-state index contributed by atoms with van der Waals surface area (Å²) in [6.45, 7) is 0.337. The summed E-state index contributed by atoms with van der Waals surface area (Å²) in [7, 11) is 0. The van der Waals surface area contributed by atoms with E-state index >= 15 is 4.39 Å². The molecule has 10 nitrogen and oxygen atoms in total.